The number of piperidine rings is 1. The number of alkyl halides is 3. The molecule has 0 aliphatic carbocycles. The van der Waals surface area contributed by atoms with Crippen molar-refractivity contribution in [2.24, 2.45) is 5.92 Å². The minimum atomic E-state index is -4.51. The summed E-state index contributed by atoms with van der Waals surface area (Å²) in [6.45, 7) is 0.564. The van der Waals surface area contributed by atoms with Crippen molar-refractivity contribution in [3.63, 3.8) is 0 Å². The maximum atomic E-state index is 12.9. The van der Waals surface area contributed by atoms with Crippen molar-refractivity contribution in [3.05, 3.63) is 64.7 Å². The lowest BCUT2D eigenvalue weighted by atomic mass is 9.96. The first-order valence-electron chi connectivity index (χ1n) is 8.77. The van der Waals surface area contributed by atoms with Gasteiger partial charge in [-0.05, 0) is 55.3 Å². The highest BCUT2D eigenvalue weighted by molar-refractivity contribution is 6.30. The highest BCUT2D eigenvalue weighted by Gasteiger charge is 2.33. The number of carbonyl (C=O) groups is 2. The van der Waals surface area contributed by atoms with Crippen molar-refractivity contribution in [2.45, 2.75) is 19.0 Å². The van der Waals surface area contributed by atoms with Gasteiger partial charge in [0.15, 0.2) is 0 Å². The van der Waals surface area contributed by atoms with Crippen molar-refractivity contribution in [3.8, 4) is 0 Å². The molecule has 0 aromatic heterocycles. The Morgan fingerprint density at radius 3 is 2.50 bits per heavy atom. The number of hydrogen-bond donors (Lipinski definition) is 1. The fraction of sp³-hybridized carbons (Fsp3) is 0.300. The number of rotatable bonds is 3. The second-order valence-electron chi connectivity index (χ2n) is 6.67. The number of likely N-dealkylation sites (tertiary alicyclic amines) is 1. The Labute approximate surface area is 165 Å². The molecule has 0 saturated carbocycles. The van der Waals surface area contributed by atoms with E-state index in [0.29, 0.717) is 30.1 Å². The Morgan fingerprint density at radius 2 is 1.82 bits per heavy atom. The summed E-state index contributed by atoms with van der Waals surface area (Å²) >= 11 is 5.82. The van der Waals surface area contributed by atoms with E-state index in [1.165, 1.54) is 17.0 Å². The van der Waals surface area contributed by atoms with Crippen LogP contribution in [0.25, 0.3) is 0 Å². The summed E-state index contributed by atoms with van der Waals surface area (Å²) in [5, 5.41) is 3.33. The zero-order valence-corrected chi connectivity index (χ0v) is 15.6. The summed E-state index contributed by atoms with van der Waals surface area (Å²) in [7, 11) is 0. The highest BCUT2D eigenvalue weighted by atomic mass is 35.5. The number of anilines is 1. The molecule has 4 nitrogen and oxygen atoms in total. The zero-order valence-electron chi connectivity index (χ0n) is 14.8. The molecule has 8 heteroatoms. The maximum Gasteiger partial charge on any atom is 0.416 e. The first kappa shape index (κ1) is 20.2. The standard InChI is InChI=1S/C20H18ClF3N2O2/c21-16-6-8-17(9-7-16)25-18(27)14-4-2-10-26(12-14)19(28)13-3-1-5-15(11-13)20(22,23)24/h1,3,5-9,11,14H,2,4,10,12H2,(H,25,27). The van der Waals surface area contributed by atoms with Gasteiger partial charge in [-0.3, -0.25) is 9.59 Å². The van der Waals surface area contributed by atoms with Crippen molar-refractivity contribution in [2.75, 3.05) is 18.4 Å². The maximum absolute atomic E-state index is 12.9. The third-order valence-electron chi connectivity index (χ3n) is 4.63. The van der Waals surface area contributed by atoms with Crippen LogP contribution in [0.15, 0.2) is 48.5 Å². The van der Waals surface area contributed by atoms with Gasteiger partial charge < -0.3 is 10.2 Å². The van der Waals surface area contributed by atoms with Crippen LogP contribution in [0.5, 0.6) is 0 Å². The number of carbonyl (C=O) groups excluding carboxylic acids is 2. The van der Waals surface area contributed by atoms with Gasteiger partial charge >= 0.3 is 6.18 Å². The minimum Gasteiger partial charge on any atom is -0.338 e. The number of benzene rings is 2. The number of amides is 2. The molecule has 148 valence electrons. The van der Waals surface area contributed by atoms with E-state index in [4.69, 9.17) is 11.6 Å². The molecule has 2 amide bonds. The number of nitrogens with zero attached hydrogens (tertiary/aromatic N) is 1. The van der Waals surface area contributed by atoms with Crippen LogP contribution >= 0.6 is 11.6 Å². The number of halogens is 4. The molecule has 3 rings (SSSR count). The van der Waals surface area contributed by atoms with Crippen molar-refractivity contribution in [1.29, 1.82) is 0 Å². The molecule has 1 heterocycles. The summed E-state index contributed by atoms with van der Waals surface area (Å²) in [6.07, 6.45) is -3.31. The molecular weight excluding hydrogens is 393 g/mol. The van der Waals surface area contributed by atoms with Crippen LogP contribution in [0, 0.1) is 5.92 Å². The van der Waals surface area contributed by atoms with E-state index in [-0.39, 0.29) is 18.0 Å². The molecule has 1 atom stereocenters. The van der Waals surface area contributed by atoms with Gasteiger partial charge in [0.1, 0.15) is 0 Å². The largest absolute Gasteiger partial charge is 0.416 e. The summed E-state index contributed by atoms with van der Waals surface area (Å²) in [5.74, 6) is -1.17. The lowest BCUT2D eigenvalue weighted by Gasteiger charge is -2.32. The Kier molecular flexibility index (Phi) is 5.93. The van der Waals surface area contributed by atoms with E-state index in [1.807, 2.05) is 0 Å². The Bertz CT molecular complexity index is 868. The van der Waals surface area contributed by atoms with Crippen LogP contribution in [-0.2, 0) is 11.0 Å². The molecule has 28 heavy (non-hydrogen) atoms. The van der Waals surface area contributed by atoms with Crippen molar-refractivity contribution >= 4 is 29.1 Å². The SMILES string of the molecule is O=C(Nc1ccc(Cl)cc1)C1CCCN(C(=O)c2cccc(C(F)(F)F)c2)C1. The molecule has 0 bridgehead atoms. The molecule has 1 unspecified atom stereocenters. The zero-order chi connectivity index (χ0) is 20.3. The first-order valence-corrected chi connectivity index (χ1v) is 9.15. The van der Waals surface area contributed by atoms with Gasteiger partial charge in [0, 0.05) is 29.4 Å². The predicted molar refractivity (Wildman–Crippen MR) is 100 cm³/mol. The second kappa shape index (κ2) is 8.22. The van der Waals surface area contributed by atoms with E-state index >= 15 is 0 Å². The van der Waals surface area contributed by atoms with Crippen LogP contribution in [-0.4, -0.2) is 29.8 Å². The minimum absolute atomic E-state index is 0.0337. The molecule has 0 radical (unpaired) electrons. The molecule has 1 fully saturated rings. The van der Waals surface area contributed by atoms with Gasteiger partial charge in [0.2, 0.25) is 5.91 Å². The van der Waals surface area contributed by atoms with Crippen molar-refractivity contribution < 1.29 is 22.8 Å². The molecule has 1 N–H and O–H groups in total. The van der Waals surface area contributed by atoms with Gasteiger partial charge in [-0.15, -0.1) is 0 Å². The van der Waals surface area contributed by atoms with Gasteiger partial charge in [0.05, 0.1) is 11.5 Å². The fourth-order valence-electron chi connectivity index (χ4n) is 3.16. The molecule has 1 aliphatic rings. The molecule has 1 aliphatic heterocycles. The molecular formula is C20H18ClF3N2O2. The van der Waals surface area contributed by atoms with Crippen LogP contribution in [0.1, 0.15) is 28.8 Å². The number of nitrogens with one attached hydrogen (secondary N) is 1. The summed E-state index contributed by atoms with van der Waals surface area (Å²) < 4.78 is 38.7. The second-order valence-corrected chi connectivity index (χ2v) is 7.10. The quantitative estimate of drug-likeness (QED) is 0.786. The van der Waals surface area contributed by atoms with E-state index in [9.17, 15) is 22.8 Å². The topological polar surface area (TPSA) is 49.4 Å². The molecule has 0 spiro atoms. The average molecular weight is 411 g/mol. The van der Waals surface area contributed by atoms with E-state index in [1.54, 1.807) is 24.3 Å². The monoisotopic (exact) mass is 410 g/mol. The lowest BCUT2D eigenvalue weighted by Crippen LogP contribution is -2.43. The lowest BCUT2D eigenvalue weighted by molar-refractivity contribution is -0.137. The molecule has 1 saturated heterocycles. The Balaban J connectivity index is 1.68. The first-order chi connectivity index (χ1) is 13.2. The van der Waals surface area contributed by atoms with E-state index in [0.717, 1.165) is 12.1 Å². The molecule has 2 aromatic carbocycles. The molecule has 2 aromatic rings. The Morgan fingerprint density at radius 1 is 1.11 bits per heavy atom. The van der Waals surface area contributed by atoms with Crippen LogP contribution in [0.3, 0.4) is 0 Å². The normalized spacial score (nSPS) is 17.3. The van der Waals surface area contributed by atoms with Crippen LogP contribution < -0.4 is 5.32 Å². The van der Waals surface area contributed by atoms with E-state index < -0.39 is 23.6 Å². The van der Waals surface area contributed by atoms with Crippen LogP contribution in [0.4, 0.5) is 18.9 Å². The summed E-state index contributed by atoms with van der Waals surface area (Å²) in [5.41, 5.74) is -0.309. The van der Waals surface area contributed by atoms with E-state index in [2.05, 4.69) is 5.32 Å². The van der Waals surface area contributed by atoms with Gasteiger partial charge in [-0.25, -0.2) is 0 Å². The number of hydrogen-bond acceptors (Lipinski definition) is 2. The highest BCUT2D eigenvalue weighted by Crippen LogP contribution is 2.30. The van der Waals surface area contributed by atoms with Gasteiger partial charge in [-0.2, -0.15) is 13.2 Å². The van der Waals surface area contributed by atoms with Crippen molar-refractivity contribution in [1.82, 2.24) is 4.90 Å². The Hall–Kier alpha value is -2.54. The third kappa shape index (κ3) is 4.84. The smallest absolute Gasteiger partial charge is 0.338 e. The van der Waals surface area contributed by atoms with Crippen LogP contribution in [0.2, 0.25) is 5.02 Å². The third-order valence-corrected chi connectivity index (χ3v) is 4.88. The predicted octanol–water partition coefficient (Wildman–Crippen LogP) is 4.85. The summed E-state index contributed by atoms with van der Waals surface area (Å²) in [4.78, 5) is 26.6. The van der Waals surface area contributed by atoms with Gasteiger partial charge in [-0.1, -0.05) is 17.7 Å². The average Bonchev–Trinajstić information content (AvgIpc) is 2.68. The summed E-state index contributed by atoms with van der Waals surface area (Å²) in [6, 6.07) is 11.0. The van der Waals surface area contributed by atoms with Gasteiger partial charge in [0.25, 0.3) is 5.91 Å². The fourth-order valence-corrected chi connectivity index (χ4v) is 3.29.